The molecule has 1 heterocycles. The molecule has 0 aliphatic heterocycles. The van der Waals surface area contributed by atoms with Crippen LogP contribution < -0.4 is 0 Å². The Labute approximate surface area is 90.7 Å². The maximum absolute atomic E-state index is 12.2. The molecule has 82 valence electrons. The van der Waals surface area contributed by atoms with E-state index in [1.54, 1.807) is 18.4 Å². The maximum Gasteiger partial charge on any atom is 0.201 e. The van der Waals surface area contributed by atoms with E-state index in [2.05, 4.69) is 13.8 Å². The van der Waals surface area contributed by atoms with Gasteiger partial charge in [-0.1, -0.05) is 26.7 Å². The average Bonchev–Trinajstić information content (AvgIpc) is 2.69. The van der Waals surface area contributed by atoms with Crippen LogP contribution in [0.1, 0.15) is 50.1 Å². The lowest BCUT2D eigenvalue weighted by atomic mass is 9.67. The summed E-state index contributed by atoms with van der Waals surface area (Å²) >= 11 is 0. The number of hydrogen-bond donors (Lipinski definition) is 0. The van der Waals surface area contributed by atoms with Crippen LogP contribution in [0, 0.1) is 11.3 Å². The van der Waals surface area contributed by atoms with Crippen molar-refractivity contribution in [1.82, 2.24) is 0 Å². The molecule has 1 unspecified atom stereocenters. The second-order valence-electron chi connectivity index (χ2n) is 5.13. The summed E-state index contributed by atoms with van der Waals surface area (Å²) < 4.78 is 5.19. The fourth-order valence-corrected chi connectivity index (χ4v) is 2.57. The van der Waals surface area contributed by atoms with Crippen LogP contribution in [0.15, 0.2) is 22.8 Å². The molecule has 1 aliphatic rings. The van der Waals surface area contributed by atoms with Crippen molar-refractivity contribution in [2.45, 2.75) is 39.5 Å². The second kappa shape index (κ2) is 3.84. The normalized spacial score (nSPS) is 25.1. The van der Waals surface area contributed by atoms with E-state index in [9.17, 15) is 4.79 Å². The summed E-state index contributed by atoms with van der Waals surface area (Å²) in [5.74, 6) is 0.845. The fourth-order valence-electron chi connectivity index (χ4n) is 2.57. The highest BCUT2D eigenvalue weighted by Crippen LogP contribution is 2.42. The van der Waals surface area contributed by atoms with Gasteiger partial charge in [0.05, 0.1) is 6.26 Å². The topological polar surface area (TPSA) is 30.2 Å². The minimum atomic E-state index is 0.127. The van der Waals surface area contributed by atoms with Gasteiger partial charge in [0, 0.05) is 5.92 Å². The highest BCUT2D eigenvalue weighted by Gasteiger charge is 2.38. The van der Waals surface area contributed by atoms with Gasteiger partial charge < -0.3 is 4.42 Å². The van der Waals surface area contributed by atoms with E-state index in [0.29, 0.717) is 5.76 Å². The van der Waals surface area contributed by atoms with Crippen LogP contribution in [0.3, 0.4) is 0 Å². The molecule has 2 rings (SSSR count). The smallest absolute Gasteiger partial charge is 0.201 e. The zero-order chi connectivity index (χ0) is 10.9. The summed E-state index contributed by atoms with van der Waals surface area (Å²) in [6.45, 7) is 4.38. The Morgan fingerprint density at radius 3 is 2.87 bits per heavy atom. The molecule has 1 saturated carbocycles. The van der Waals surface area contributed by atoms with E-state index in [1.807, 2.05) is 0 Å². The molecule has 15 heavy (non-hydrogen) atoms. The molecule has 0 N–H and O–H groups in total. The quantitative estimate of drug-likeness (QED) is 0.691. The van der Waals surface area contributed by atoms with Crippen LogP contribution in [0.25, 0.3) is 0 Å². The van der Waals surface area contributed by atoms with Gasteiger partial charge in [0.15, 0.2) is 5.76 Å². The maximum atomic E-state index is 12.2. The van der Waals surface area contributed by atoms with Gasteiger partial charge in [-0.25, -0.2) is 0 Å². The van der Waals surface area contributed by atoms with Crippen LogP contribution in [0.4, 0.5) is 0 Å². The lowest BCUT2D eigenvalue weighted by Crippen LogP contribution is -2.33. The molecule has 1 aliphatic carbocycles. The van der Waals surface area contributed by atoms with Crippen LogP contribution in [-0.4, -0.2) is 5.78 Å². The minimum Gasteiger partial charge on any atom is -0.461 e. The van der Waals surface area contributed by atoms with Gasteiger partial charge in [0.2, 0.25) is 5.78 Å². The van der Waals surface area contributed by atoms with Gasteiger partial charge in [-0.05, 0) is 30.4 Å². The first-order valence-corrected chi connectivity index (χ1v) is 5.69. The van der Waals surface area contributed by atoms with Crippen molar-refractivity contribution in [1.29, 1.82) is 0 Å². The zero-order valence-electron chi connectivity index (χ0n) is 9.45. The van der Waals surface area contributed by atoms with E-state index >= 15 is 0 Å². The van der Waals surface area contributed by atoms with Gasteiger partial charge in [-0.2, -0.15) is 0 Å². The Morgan fingerprint density at radius 2 is 2.27 bits per heavy atom. The van der Waals surface area contributed by atoms with Crippen LogP contribution >= 0.6 is 0 Å². The third-order valence-corrected chi connectivity index (χ3v) is 3.59. The Bertz CT molecular complexity index is 335. The summed E-state index contributed by atoms with van der Waals surface area (Å²) in [7, 11) is 0. The van der Waals surface area contributed by atoms with Crippen molar-refractivity contribution in [2.75, 3.05) is 0 Å². The number of rotatable bonds is 2. The fraction of sp³-hybridized carbons (Fsp3) is 0.615. The minimum absolute atomic E-state index is 0.127. The first-order chi connectivity index (χ1) is 7.11. The number of furan rings is 1. The Kier molecular flexibility index (Phi) is 2.68. The SMILES string of the molecule is CC1(C)CCCCC1C(=O)c1ccco1. The molecule has 0 radical (unpaired) electrons. The van der Waals surface area contributed by atoms with Crippen LogP contribution in [-0.2, 0) is 0 Å². The second-order valence-corrected chi connectivity index (χ2v) is 5.13. The molecule has 0 amide bonds. The van der Waals surface area contributed by atoms with Crippen LogP contribution in [0.5, 0.6) is 0 Å². The lowest BCUT2D eigenvalue weighted by Gasteiger charge is -2.37. The number of hydrogen-bond acceptors (Lipinski definition) is 2. The summed E-state index contributed by atoms with van der Waals surface area (Å²) in [6, 6.07) is 3.55. The van der Waals surface area contributed by atoms with Crippen LogP contribution in [0.2, 0.25) is 0 Å². The molecule has 0 bridgehead atoms. The molecule has 1 atom stereocenters. The number of ketones is 1. The van der Waals surface area contributed by atoms with E-state index in [4.69, 9.17) is 4.42 Å². The van der Waals surface area contributed by atoms with Crippen molar-refractivity contribution in [2.24, 2.45) is 11.3 Å². The highest BCUT2D eigenvalue weighted by atomic mass is 16.3. The predicted octanol–water partition coefficient (Wildman–Crippen LogP) is 3.68. The monoisotopic (exact) mass is 206 g/mol. The number of Topliss-reactive ketones (excluding diaryl/α,β-unsaturated/α-hetero) is 1. The van der Waals surface area contributed by atoms with Crippen molar-refractivity contribution in [3.8, 4) is 0 Å². The van der Waals surface area contributed by atoms with Crippen molar-refractivity contribution >= 4 is 5.78 Å². The average molecular weight is 206 g/mol. The third kappa shape index (κ3) is 1.99. The molecule has 1 fully saturated rings. The largest absolute Gasteiger partial charge is 0.461 e. The van der Waals surface area contributed by atoms with Crippen molar-refractivity contribution in [3.63, 3.8) is 0 Å². The van der Waals surface area contributed by atoms with E-state index in [0.717, 1.165) is 12.8 Å². The number of carbonyl (C=O) groups is 1. The summed E-state index contributed by atoms with van der Waals surface area (Å²) in [5.41, 5.74) is 0.127. The van der Waals surface area contributed by atoms with Gasteiger partial charge >= 0.3 is 0 Å². The van der Waals surface area contributed by atoms with Crippen molar-refractivity contribution in [3.05, 3.63) is 24.2 Å². The molecule has 2 nitrogen and oxygen atoms in total. The predicted molar refractivity (Wildman–Crippen MR) is 58.8 cm³/mol. The summed E-state index contributed by atoms with van der Waals surface area (Å²) in [5, 5.41) is 0. The molecule has 0 spiro atoms. The highest BCUT2D eigenvalue weighted by molar-refractivity contribution is 5.95. The van der Waals surface area contributed by atoms with Gasteiger partial charge in [0.1, 0.15) is 0 Å². The third-order valence-electron chi connectivity index (χ3n) is 3.59. The molecular weight excluding hydrogens is 188 g/mol. The van der Waals surface area contributed by atoms with E-state index in [1.165, 1.54) is 12.8 Å². The first-order valence-electron chi connectivity index (χ1n) is 5.69. The Balaban J connectivity index is 2.19. The standard InChI is InChI=1S/C13H18O2/c1-13(2)8-4-3-6-10(13)12(14)11-7-5-9-15-11/h5,7,9-10H,3-4,6,8H2,1-2H3. The summed E-state index contributed by atoms with van der Waals surface area (Å²) in [4.78, 5) is 12.2. The first kappa shape index (κ1) is 10.5. The van der Waals surface area contributed by atoms with Gasteiger partial charge in [-0.3, -0.25) is 4.79 Å². The molecule has 1 aromatic rings. The van der Waals surface area contributed by atoms with E-state index < -0.39 is 0 Å². The molecular formula is C13H18O2. The Morgan fingerprint density at radius 1 is 1.47 bits per heavy atom. The molecule has 0 saturated heterocycles. The molecule has 0 aromatic carbocycles. The lowest BCUT2D eigenvalue weighted by molar-refractivity contribution is 0.0668. The molecule has 1 aromatic heterocycles. The van der Waals surface area contributed by atoms with Gasteiger partial charge in [0.25, 0.3) is 0 Å². The van der Waals surface area contributed by atoms with E-state index in [-0.39, 0.29) is 17.1 Å². The zero-order valence-corrected chi connectivity index (χ0v) is 9.45. The Hall–Kier alpha value is -1.05. The van der Waals surface area contributed by atoms with Gasteiger partial charge in [-0.15, -0.1) is 0 Å². The molecule has 2 heteroatoms. The number of carbonyl (C=O) groups excluding carboxylic acids is 1. The summed E-state index contributed by atoms with van der Waals surface area (Å²) in [6.07, 6.45) is 6.13. The van der Waals surface area contributed by atoms with Crippen molar-refractivity contribution < 1.29 is 9.21 Å².